The second-order valence-corrected chi connectivity index (χ2v) is 5.39. The Kier molecular flexibility index (Phi) is 7.83. The molecule has 0 bridgehead atoms. The van der Waals surface area contributed by atoms with Crippen molar-refractivity contribution < 1.29 is 14.3 Å². The highest BCUT2D eigenvalue weighted by atomic mass is 16.5. The molecule has 0 amide bonds. The van der Waals surface area contributed by atoms with Crippen molar-refractivity contribution in [3.63, 3.8) is 0 Å². The second kappa shape index (κ2) is 9.40. The summed E-state index contributed by atoms with van der Waals surface area (Å²) < 4.78 is 10.6. The predicted molar refractivity (Wildman–Crippen MR) is 84.7 cm³/mol. The van der Waals surface area contributed by atoms with Crippen LogP contribution in [0.3, 0.4) is 0 Å². The Labute approximate surface area is 127 Å². The first-order valence-corrected chi connectivity index (χ1v) is 7.62. The molecular weight excluding hydrogens is 266 g/mol. The molecule has 1 aromatic carbocycles. The lowest BCUT2D eigenvalue weighted by molar-refractivity contribution is -0.143. The molecule has 0 radical (unpaired) electrons. The molecule has 118 valence electrons. The van der Waals surface area contributed by atoms with Crippen LogP contribution >= 0.6 is 0 Å². The van der Waals surface area contributed by atoms with Crippen LogP contribution in [0.1, 0.15) is 45.1 Å². The molecule has 0 aliphatic heterocycles. The summed E-state index contributed by atoms with van der Waals surface area (Å²) in [6, 6.07) is 7.79. The molecule has 1 unspecified atom stereocenters. The van der Waals surface area contributed by atoms with E-state index in [1.54, 1.807) is 0 Å². The van der Waals surface area contributed by atoms with Crippen LogP contribution in [0.25, 0.3) is 0 Å². The van der Waals surface area contributed by atoms with Gasteiger partial charge in [-0.25, -0.2) is 0 Å². The van der Waals surface area contributed by atoms with Gasteiger partial charge in [0.2, 0.25) is 0 Å². The van der Waals surface area contributed by atoms with Gasteiger partial charge in [-0.05, 0) is 36.6 Å². The largest absolute Gasteiger partial charge is 0.494 e. The number of methoxy groups -OCH3 is 1. The monoisotopic (exact) mass is 293 g/mol. The lowest BCUT2D eigenvalue weighted by Gasteiger charge is -2.16. The summed E-state index contributed by atoms with van der Waals surface area (Å²) in [6.07, 6.45) is 1.57. The molecule has 0 aromatic heterocycles. The van der Waals surface area contributed by atoms with E-state index >= 15 is 0 Å². The minimum atomic E-state index is -0.303. The number of nitrogens with one attached hydrogen (secondary N) is 1. The standard InChI is InChI=1S/C17H27NO3/c1-5-10-18-16(17(19)20-4)9-11-21-15-8-6-7-14(12-15)13(2)3/h6-8,12-13,16,18H,5,9-11H2,1-4H3. The van der Waals surface area contributed by atoms with E-state index in [-0.39, 0.29) is 12.0 Å². The molecule has 4 nitrogen and oxygen atoms in total. The first kappa shape index (κ1) is 17.5. The van der Waals surface area contributed by atoms with Gasteiger partial charge >= 0.3 is 5.97 Å². The fourth-order valence-corrected chi connectivity index (χ4v) is 2.02. The molecule has 0 spiro atoms. The van der Waals surface area contributed by atoms with Crippen molar-refractivity contribution >= 4 is 5.97 Å². The van der Waals surface area contributed by atoms with Gasteiger partial charge in [-0.3, -0.25) is 4.79 Å². The van der Waals surface area contributed by atoms with Crippen molar-refractivity contribution in [1.82, 2.24) is 5.32 Å². The number of benzene rings is 1. The highest BCUT2D eigenvalue weighted by molar-refractivity contribution is 5.75. The average Bonchev–Trinajstić information content (AvgIpc) is 2.50. The molecule has 0 fully saturated rings. The number of hydrogen-bond donors (Lipinski definition) is 1. The summed E-state index contributed by atoms with van der Waals surface area (Å²) in [5.74, 6) is 1.09. The lowest BCUT2D eigenvalue weighted by atomic mass is 10.0. The molecule has 4 heteroatoms. The van der Waals surface area contributed by atoms with E-state index in [4.69, 9.17) is 9.47 Å². The summed E-state index contributed by atoms with van der Waals surface area (Å²) in [6.45, 7) is 7.65. The number of esters is 1. The van der Waals surface area contributed by atoms with E-state index in [2.05, 4.69) is 38.2 Å². The third-order valence-corrected chi connectivity index (χ3v) is 3.33. The maximum absolute atomic E-state index is 11.7. The van der Waals surface area contributed by atoms with E-state index in [1.165, 1.54) is 12.7 Å². The van der Waals surface area contributed by atoms with Crippen molar-refractivity contribution in [2.24, 2.45) is 0 Å². The first-order valence-electron chi connectivity index (χ1n) is 7.62. The van der Waals surface area contributed by atoms with Crippen molar-refractivity contribution in [3.05, 3.63) is 29.8 Å². The van der Waals surface area contributed by atoms with Crippen molar-refractivity contribution in [2.75, 3.05) is 20.3 Å². The van der Waals surface area contributed by atoms with Crippen LogP contribution in [-0.2, 0) is 9.53 Å². The van der Waals surface area contributed by atoms with Gasteiger partial charge in [0.1, 0.15) is 11.8 Å². The van der Waals surface area contributed by atoms with Crippen LogP contribution in [-0.4, -0.2) is 32.3 Å². The highest BCUT2D eigenvalue weighted by Gasteiger charge is 2.17. The van der Waals surface area contributed by atoms with Crippen molar-refractivity contribution in [1.29, 1.82) is 0 Å². The number of hydrogen-bond acceptors (Lipinski definition) is 4. The molecule has 21 heavy (non-hydrogen) atoms. The van der Waals surface area contributed by atoms with Gasteiger partial charge in [-0.2, -0.15) is 0 Å². The van der Waals surface area contributed by atoms with E-state index in [1.807, 2.05) is 12.1 Å². The van der Waals surface area contributed by atoms with Gasteiger partial charge in [0.15, 0.2) is 0 Å². The molecule has 0 saturated heterocycles. The smallest absolute Gasteiger partial charge is 0.322 e. The molecule has 0 heterocycles. The molecular formula is C17H27NO3. The van der Waals surface area contributed by atoms with E-state index in [0.717, 1.165) is 18.7 Å². The maximum atomic E-state index is 11.7. The lowest BCUT2D eigenvalue weighted by Crippen LogP contribution is -2.39. The predicted octanol–water partition coefficient (Wildman–Crippen LogP) is 3.12. The third-order valence-electron chi connectivity index (χ3n) is 3.33. The summed E-state index contributed by atoms with van der Waals surface area (Å²) in [4.78, 5) is 11.7. The summed E-state index contributed by atoms with van der Waals surface area (Å²) in [5, 5.41) is 3.18. The quantitative estimate of drug-likeness (QED) is 0.711. The van der Waals surface area contributed by atoms with E-state index < -0.39 is 0 Å². The summed E-state index contributed by atoms with van der Waals surface area (Å²) in [5.41, 5.74) is 1.25. The van der Waals surface area contributed by atoms with Crippen LogP contribution in [0, 0.1) is 0 Å². The highest BCUT2D eigenvalue weighted by Crippen LogP contribution is 2.20. The Hall–Kier alpha value is -1.55. The minimum absolute atomic E-state index is 0.233. The minimum Gasteiger partial charge on any atom is -0.494 e. The number of carbonyl (C=O) groups is 1. The Morgan fingerprint density at radius 3 is 2.71 bits per heavy atom. The molecule has 0 saturated carbocycles. The fraction of sp³-hybridized carbons (Fsp3) is 0.588. The zero-order chi connectivity index (χ0) is 15.7. The Morgan fingerprint density at radius 1 is 1.33 bits per heavy atom. The van der Waals surface area contributed by atoms with Crippen molar-refractivity contribution in [3.8, 4) is 5.75 Å². The SMILES string of the molecule is CCCNC(CCOc1cccc(C(C)C)c1)C(=O)OC. The van der Waals surface area contributed by atoms with Crippen molar-refractivity contribution in [2.45, 2.75) is 45.6 Å². The first-order chi connectivity index (χ1) is 10.1. The van der Waals surface area contributed by atoms with Gasteiger partial charge in [-0.1, -0.05) is 32.9 Å². The maximum Gasteiger partial charge on any atom is 0.322 e. The van der Waals surface area contributed by atoms with Crippen LogP contribution in [0.15, 0.2) is 24.3 Å². The van der Waals surface area contributed by atoms with Crippen LogP contribution < -0.4 is 10.1 Å². The van der Waals surface area contributed by atoms with Gasteiger partial charge in [0, 0.05) is 6.42 Å². The van der Waals surface area contributed by atoms with E-state index in [0.29, 0.717) is 18.9 Å². The molecule has 1 atom stereocenters. The molecule has 1 rings (SSSR count). The fourth-order valence-electron chi connectivity index (χ4n) is 2.02. The Balaban J connectivity index is 2.49. The third kappa shape index (κ3) is 6.17. The van der Waals surface area contributed by atoms with Gasteiger partial charge in [0.25, 0.3) is 0 Å². The Morgan fingerprint density at radius 2 is 2.10 bits per heavy atom. The average molecular weight is 293 g/mol. The Bertz CT molecular complexity index is 432. The molecule has 1 N–H and O–H groups in total. The molecule has 0 aliphatic rings. The second-order valence-electron chi connectivity index (χ2n) is 5.39. The number of ether oxygens (including phenoxy) is 2. The van der Waals surface area contributed by atoms with Gasteiger partial charge in [0.05, 0.1) is 13.7 Å². The van der Waals surface area contributed by atoms with E-state index in [9.17, 15) is 4.79 Å². The van der Waals surface area contributed by atoms with Crippen LogP contribution in [0.4, 0.5) is 0 Å². The number of carbonyl (C=O) groups excluding carboxylic acids is 1. The van der Waals surface area contributed by atoms with Crippen LogP contribution in [0.2, 0.25) is 0 Å². The van der Waals surface area contributed by atoms with Crippen LogP contribution in [0.5, 0.6) is 5.75 Å². The zero-order valence-corrected chi connectivity index (χ0v) is 13.5. The summed E-state index contributed by atoms with van der Waals surface area (Å²) in [7, 11) is 1.41. The molecule has 1 aromatic rings. The van der Waals surface area contributed by atoms with Gasteiger partial charge in [-0.15, -0.1) is 0 Å². The zero-order valence-electron chi connectivity index (χ0n) is 13.5. The molecule has 0 aliphatic carbocycles. The topological polar surface area (TPSA) is 47.6 Å². The van der Waals surface area contributed by atoms with Gasteiger partial charge < -0.3 is 14.8 Å². The number of rotatable bonds is 9. The normalized spacial score (nSPS) is 12.2. The summed E-state index contributed by atoms with van der Waals surface area (Å²) >= 11 is 0.